The molecule has 28 heavy (non-hydrogen) atoms. The predicted molar refractivity (Wildman–Crippen MR) is 112 cm³/mol. The number of thiazole rings is 1. The van der Waals surface area contributed by atoms with Crippen LogP contribution in [0.15, 0.2) is 41.3 Å². The van der Waals surface area contributed by atoms with Gasteiger partial charge < -0.3 is 4.74 Å². The maximum absolute atomic E-state index is 12.8. The van der Waals surface area contributed by atoms with E-state index in [2.05, 4.69) is 26.7 Å². The summed E-state index contributed by atoms with van der Waals surface area (Å²) in [4.78, 5) is 7.09. The van der Waals surface area contributed by atoms with Crippen LogP contribution in [0, 0.1) is 13.8 Å². The number of nitrogens with zero attached hydrogens (tertiary/aromatic N) is 2. The van der Waals surface area contributed by atoms with Gasteiger partial charge in [0.2, 0.25) is 0 Å². The van der Waals surface area contributed by atoms with Crippen LogP contribution in [-0.2, 0) is 21.3 Å². The van der Waals surface area contributed by atoms with Gasteiger partial charge in [-0.15, -0.1) is 0 Å². The largest absolute Gasteiger partial charge is 0.379 e. The van der Waals surface area contributed by atoms with Crippen LogP contribution in [0.25, 0.3) is 10.2 Å². The Morgan fingerprint density at radius 3 is 2.68 bits per heavy atom. The van der Waals surface area contributed by atoms with Crippen molar-refractivity contribution in [2.24, 2.45) is 0 Å². The molecular weight excluding hydrogens is 394 g/mol. The lowest BCUT2D eigenvalue weighted by Gasteiger charge is -2.26. The lowest BCUT2D eigenvalue weighted by molar-refractivity contribution is 0.0342. The van der Waals surface area contributed by atoms with Crippen molar-refractivity contribution in [3.8, 4) is 0 Å². The van der Waals surface area contributed by atoms with Crippen molar-refractivity contribution < 1.29 is 13.2 Å². The molecule has 1 N–H and O–H groups in total. The lowest BCUT2D eigenvalue weighted by Crippen LogP contribution is -2.35. The van der Waals surface area contributed by atoms with E-state index in [0.29, 0.717) is 5.13 Å². The minimum Gasteiger partial charge on any atom is -0.379 e. The van der Waals surface area contributed by atoms with Gasteiger partial charge in [0.25, 0.3) is 10.0 Å². The highest BCUT2D eigenvalue weighted by atomic mass is 32.2. The minimum absolute atomic E-state index is 0.283. The summed E-state index contributed by atoms with van der Waals surface area (Å²) in [6.45, 7) is 8.02. The Labute approximate surface area is 169 Å². The second kappa shape index (κ2) is 7.79. The molecule has 2 heterocycles. The van der Waals surface area contributed by atoms with Crippen LogP contribution in [0.3, 0.4) is 0 Å². The van der Waals surface area contributed by atoms with Gasteiger partial charge in [-0.2, -0.15) is 0 Å². The Kier molecular flexibility index (Phi) is 5.37. The zero-order chi connectivity index (χ0) is 19.7. The quantitative estimate of drug-likeness (QED) is 0.687. The highest BCUT2D eigenvalue weighted by molar-refractivity contribution is 7.93. The Morgan fingerprint density at radius 2 is 1.93 bits per heavy atom. The van der Waals surface area contributed by atoms with Gasteiger partial charge in [-0.25, -0.2) is 13.4 Å². The normalized spacial score (nSPS) is 15.8. The van der Waals surface area contributed by atoms with Crippen molar-refractivity contribution in [3.05, 3.63) is 53.1 Å². The topological polar surface area (TPSA) is 71.5 Å². The van der Waals surface area contributed by atoms with E-state index in [1.165, 1.54) is 16.9 Å². The molecule has 6 nitrogen and oxygen atoms in total. The second-order valence-corrected chi connectivity index (χ2v) is 9.77. The van der Waals surface area contributed by atoms with Crippen LogP contribution >= 0.6 is 11.3 Å². The van der Waals surface area contributed by atoms with Gasteiger partial charge in [-0.1, -0.05) is 35.1 Å². The summed E-state index contributed by atoms with van der Waals surface area (Å²) in [5, 5.41) is 0.387. The van der Waals surface area contributed by atoms with Crippen LogP contribution in [-0.4, -0.2) is 44.6 Å². The van der Waals surface area contributed by atoms with Crippen molar-refractivity contribution in [3.63, 3.8) is 0 Å². The minimum atomic E-state index is -3.67. The number of ether oxygens (including phenoxy) is 1. The zero-order valence-electron chi connectivity index (χ0n) is 15.9. The molecule has 2 aromatic carbocycles. The fourth-order valence-electron chi connectivity index (χ4n) is 3.40. The van der Waals surface area contributed by atoms with Gasteiger partial charge in [0, 0.05) is 19.6 Å². The molecule has 0 spiro atoms. The first kappa shape index (κ1) is 19.3. The number of hydrogen-bond acceptors (Lipinski definition) is 6. The Morgan fingerprint density at radius 1 is 1.14 bits per heavy atom. The zero-order valence-corrected chi connectivity index (χ0v) is 17.6. The van der Waals surface area contributed by atoms with Gasteiger partial charge in [-0.05, 0) is 43.2 Å². The third kappa shape index (κ3) is 4.20. The summed E-state index contributed by atoms with van der Waals surface area (Å²) in [7, 11) is -3.67. The predicted octanol–water partition coefficient (Wildman–Crippen LogP) is 3.55. The van der Waals surface area contributed by atoms with Gasteiger partial charge in [-0.3, -0.25) is 9.62 Å². The van der Waals surface area contributed by atoms with E-state index < -0.39 is 10.0 Å². The lowest BCUT2D eigenvalue weighted by atomic mass is 10.2. The number of sulfonamides is 1. The molecule has 8 heteroatoms. The molecule has 0 atom stereocenters. The molecule has 1 aromatic heterocycles. The first-order valence-electron chi connectivity index (χ1n) is 9.20. The number of fused-ring (bicyclic) bond motifs is 1. The monoisotopic (exact) mass is 417 g/mol. The fourth-order valence-corrected chi connectivity index (χ4v) is 5.79. The maximum atomic E-state index is 12.8. The highest BCUT2D eigenvalue weighted by Gasteiger charge is 2.19. The number of anilines is 1. The van der Waals surface area contributed by atoms with Crippen LogP contribution in [0.1, 0.15) is 16.7 Å². The van der Waals surface area contributed by atoms with Gasteiger partial charge in [0.05, 0.1) is 28.3 Å². The molecule has 1 fully saturated rings. The standard InChI is InChI=1S/C20H23N3O3S2/c1-14-3-6-19(15(2)11-14)28(24,25)22-20-21-17-5-4-16(12-18(17)27-20)13-23-7-9-26-10-8-23/h3-6,11-12H,7-10,13H2,1-2H3,(H,21,22). The van der Waals surface area contributed by atoms with E-state index >= 15 is 0 Å². The fraction of sp³-hybridized carbons (Fsp3) is 0.350. The molecule has 0 radical (unpaired) electrons. The molecule has 0 amide bonds. The second-order valence-electron chi connectivity index (χ2n) is 7.08. The van der Waals surface area contributed by atoms with Gasteiger partial charge >= 0.3 is 0 Å². The molecule has 0 aliphatic carbocycles. The molecule has 148 valence electrons. The molecule has 0 saturated carbocycles. The molecule has 1 aliphatic rings. The number of aromatic nitrogens is 1. The molecule has 0 unspecified atom stereocenters. The molecule has 3 aromatic rings. The summed E-state index contributed by atoms with van der Waals surface area (Å²) in [6.07, 6.45) is 0. The summed E-state index contributed by atoms with van der Waals surface area (Å²) in [5.74, 6) is 0. The number of morpholine rings is 1. The van der Waals surface area contributed by atoms with E-state index in [4.69, 9.17) is 4.74 Å². The molecule has 1 saturated heterocycles. The van der Waals surface area contributed by atoms with E-state index in [1.807, 2.05) is 19.1 Å². The number of rotatable bonds is 5. The first-order valence-corrected chi connectivity index (χ1v) is 11.5. The van der Waals surface area contributed by atoms with E-state index in [0.717, 1.165) is 54.2 Å². The molecular formula is C20H23N3O3S2. The molecule has 0 bridgehead atoms. The number of nitrogens with one attached hydrogen (secondary N) is 1. The average molecular weight is 418 g/mol. The molecule has 4 rings (SSSR count). The highest BCUT2D eigenvalue weighted by Crippen LogP contribution is 2.29. The van der Waals surface area contributed by atoms with Crippen LogP contribution in [0.5, 0.6) is 0 Å². The van der Waals surface area contributed by atoms with E-state index in [9.17, 15) is 8.42 Å². The summed E-state index contributed by atoms with van der Waals surface area (Å²) in [5.41, 5.74) is 3.75. The Hall–Kier alpha value is -2.00. The summed E-state index contributed by atoms with van der Waals surface area (Å²) >= 11 is 1.36. The van der Waals surface area contributed by atoms with Crippen molar-refractivity contribution in [2.45, 2.75) is 25.3 Å². The molecule has 1 aliphatic heterocycles. The average Bonchev–Trinajstić information content (AvgIpc) is 3.03. The van der Waals surface area contributed by atoms with Crippen LogP contribution in [0.2, 0.25) is 0 Å². The number of hydrogen-bond donors (Lipinski definition) is 1. The van der Waals surface area contributed by atoms with Crippen molar-refractivity contribution in [1.82, 2.24) is 9.88 Å². The summed E-state index contributed by atoms with van der Waals surface area (Å²) in [6, 6.07) is 11.4. The van der Waals surface area contributed by atoms with Crippen LogP contribution < -0.4 is 4.72 Å². The van der Waals surface area contributed by atoms with Gasteiger partial charge in [0.1, 0.15) is 0 Å². The maximum Gasteiger partial charge on any atom is 0.263 e. The van der Waals surface area contributed by atoms with Crippen molar-refractivity contribution >= 4 is 36.7 Å². The Bertz CT molecular complexity index is 1100. The third-order valence-corrected chi connectivity index (χ3v) is 7.37. The van der Waals surface area contributed by atoms with E-state index in [1.54, 1.807) is 19.1 Å². The van der Waals surface area contributed by atoms with Gasteiger partial charge in [0.15, 0.2) is 5.13 Å². The van der Waals surface area contributed by atoms with Crippen LogP contribution in [0.4, 0.5) is 5.13 Å². The first-order chi connectivity index (χ1) is 13.4. The van der Waals surface area contributed by atoms with Crippen molar-refractivity contribution in [1.29, 1.82) is 0 Å². The third-order valence-electron chi connectivity index (χ3n) is 4.80. The number of benzene rings is 2. The smallest absolute Gasteiger partial charge is 0.263 e. The van der Waals surface area contributed by atoms with Crippen molar-refractivity contribution in [2.75, 3.05) is 31.0 Å². The number of aryl methyl sites for hydroxylation is 2. The SMILES string of the molecule is Cc1ccc(S(=O)(=O)Nc2nc3ccc(CN4CCOCC4)cc3s2)c(C)c1. The summed E-state index contributed by atoms with van der Waals surface area (Å²) < 4.78 is 34.6. The van der Waals surface area contributed by atoms with E-state index in [-0.39, 0.29) is 4.90 Å². The Balaban J connectivity index is 1.55.